The van der Waals surface area contributed by atoms with Crippen LogP contribution >= 0.6 is 60.5 Å². The highest BCUT2D eigenvalue weighted by Crippen LogP contribution is 2.31. The molecule has 21 heavy (non-hydrogen) atoms. The highest BCUT2D eigenvalue weighted by atomic mass is 32.2. The van der Waals surface area contributed by atoms with Crippen LogP contribution in [0.3, 0.4) is 0 Å². The third-order valence-corrected chi connectivity index (χ3v) is 6.70. The summed E-state index contributed by atoms with van der Waals surface area (Å²) in [5.74, 6) is 3.94. The number of benzene rings is 2. The van der Waals surface area contributed by atoms with E-state index in [0.29, 0.717) is 0 Å². The highest BCUT2D eigenvalue weighted by molar-refractivity contribution is 8.00. The topological polar surface area (TPSA) is 0 Å². The summed E-state index contributed by atoms with van der Waals surface area (Å²) in [5, 5.41) is 0. The zero-order valence-corrected chi connectivity index (χ0v) is 15.8. The van der Waals surface area contributed by atoms with Crippen molar-refractivity contribution >= 4 is 60.5 Å². The molecule has 0 unspecified atom stereocenters. The predicted octanol–water partition coefficient (Wildman–Crippen LogP) is 5.88. The Morgan fingerprint density at radius 3 is 1.24 bits per heavy atom. The Morgan fingerprint density at radius 2 is 0.905 bits per heavy atom. The zero-order valence-electron chi connectivity index (χ0n) is 11.6. The van der Waals surface area contributed by atoms with Crippen LogP contribution in [0.1, 0.15) is 0 Å². The molecule has 0 fully saturated rings. The normalized spacial score (nSPS) is 10.8. The summed E-state index contributed by atoms with van der Waals surface area (Å²) in [4.78, 5) is 5.18. The van der Waals surface area contributed by atoms with Crippen LogP contribution in [-0.2, 0) is 0 Å². The van der Waals surface area contributed by atoms with Gasteiger partial charge in [0.15, 0.2) is 0 Å². The van der Waals surface area contributed by atoms with Crippen molar-refractivity contribution in [1.29, 1.82) is 0 Å². The van der Waals surface area contributed by atoms with Gasteiger partial charge in [-0.2, -0.15) is 25.3 Å². The fourth-order valence-corrected chi connectivity index (χ4v) is 4.35. The molecule has 0 atom stereocenters. The van der Waals surface area contributed by atoms with E-state index in [1.54, 1.807) is 11.8 Å². The molecule has 0 aliphatic carbocycles. The first-order valence-corrected chi connectivity index (χ1v) is 10.7. The maximum Gasteiger partial charge on any atom is 0.0123 e. The van der Waals surface area contributed by atoms with Crippen molar-refractivity contribution in [1.82, 2.24) is 0 Å². The molecule has 0 amide bonds. The predicted molar refractivity (Wildman–Crippen MR) is 106 cm³/mol. The third-order valence-electron chi connectivity index (χ3n) is 2.60. The summed E-state index contributed by atoms with van der Waals surface area (Å²) in [6.07, 6.45) is 0. The molecule has 0 nitrogen and oxygen atoms in total. The first-order chi connectivity index (χ1) is 10.3. The molecule has 0 aromatic heterocycles. The molecule has 2 aromatic carbocycles. The van der Waals surface area contributed by atoms with Crippen LogP contribution in [0.15, 0.2) is 68.1 Å². The fraction of sp³-hybridized carbons (Fsp3) is 0.250. The number of thioether (sulfide) groups is 2. The monoisotopic (exact) mass is 370 g/mol. The lowest BCUT2D eigenvalue weighted by Crippen LogP contribution is -1.81. The van der Waals surface area contributed by atoms with Gasteiger partial charge in [-0.15, -0.1) is 23.5 Å². The van der Waals surface area contributed by atoms with Crippen molar-refractivity contribution in [2.75, 3.05) is 23.0 Å². The van der Waals surface area contributed by atoms with Gasteiger partial charge in [-0.05, 0) is 60.0 Å². The Kier molecular flexibility index (Phi) is 8.40. The highest BCUT2D eigenvalue weighted by Gasteiger charge is 2.00. The van der Waals surface area contributed by atoms with Gasteiger partial charge >= 0.3 is 0 Å². The molecular formula is C16H18S5. The minimum atomic E-state index is 0.915. The summed E-state index contributed by atoms with van der Waals surface area (Å²) < 4.78 is 0. The Bertz CT molecular complexity index is 472. The van der Waals surface area contributed by atoms with Gasteiger partial charge in [-0.1, -0.05) is 11.8 Å². The second-order valence-corrected chi connectivity index (χ2v) is 8.57. The molecule has 0 spiro atoms. The zero-order chi connectivity index (χ0) is 14.9. The molecule has 0 radical (unpaired) electrons. The standard InChI is InChI=1S/C16H18S5/c17-9-11-19-13-1-5-15(6-2-13)21-16-7-3-14(4-8-16)20-12-10-18/h1-8,17-18H,9-12H2. The van der Waals surface area contributed by atoms with Crippen molar-refractivity contribution in [3.05, 3.63) is 48.5 Å². The van der Waals surface area contributed by atoms with E-state index >= 15 is 0 Å². The smallest absolute Gasteiger partial charge is 0.0123 e. The summed E-state index contributed by atoms with van der Waals surface area (Å²) in [7, 11) is 0. The van der Waals surface area contributed by atoms with E-state index in [-0.39, 0.29) is 0 Å². The number of hydrogen-bond acceptors (Lipinski definition) is 5. The molecule has 0 aliphatic heterocycles. The van der Waals surface area contributed by atoms with E-state index in [1.165, 1.54) is 19.6 Å². The fourth-order valence-electron chi connectivity index (χ4n) is 1.67. The summed E-state index contributed by atoms with van der Waals surface area (Å²) in [5.41, 5.74) is 0. The van der Waals surface area contributed by atoms with E-state index < -0.39 is 0 Å². The Morgan fingerprint density at radius 1 is 0.571 bits per heavy atom. The lowest BCUT2D eigenvalue weighted by Gasteiger charge is -2.05. The molecule has 2 aromatic rings. The lowest BCUT2D eigenvalue weighted by molar-refractivity contribution is 1.31. The molecule has 0 N–H and O–H groups in total. The second-order valence-electron chi connectivity index (χ2n) is 4.19. The third kappa shape index (κ3) is 6.45. The van der Waals surface area contributed by atoms with Crippen LogP contribution in [0.5, 0.6) is 0 Å². The van der Waals surface area contributed by atoms with Gasteiger partial charge in [0, 0.05) is 31.1 Å². The summed E-state index contributed by atoms with van der Waals surface area (Å²) in [6, 6.07) is 17.5. The maximum absolute atomic E-state index is 4.24. The maximum atomic E-state index is 4.24. The number of rotatable bonds is 8. The van der Waals surface area contributed by atoms with Crippen molar-refractivity contribution in [2.45, 2.75) is 19.6 Å². The van der Waals surface area contributed by atoms with E-state index in [1.807, 2.05) is 23.5 Å². The largest absolute Gasteiger partial charge is 0.178 e. The molecule has 0 aliphatic rings. The second kappa shape index (κ2) is 10.1. The average molecular weight is 371 g/mol. The van der Waals surface area contributed by atoms with Crippen molar-refractivity contribution in [3.63, 3.8) is 0 Å². The van der Waals surface area contributed by atoms with Gasteiger partial charge in [0.25, 0.3) is 0 Å². The first kappa shape index (κ1) is 17.5. The molecule has 0 saturated carbocycles. The van der Waals surface area contributed by atoms with Crippen molar-refractivity contribution < 1.29 is 0 Å². The Hall–Kier alpha value is 0.190. The summed E-state index contributed by atoms with van der Waals surface area (Å²) >= 11 is 14.0. The van der Waals surface area contributed by atoms with Gasteiger partial charge in [-0.25, -0.2) is 0 Å². The SMILES string of the molecule is SCCSc1ccc(Sc2ccc(SCCS)cc2)cc1. The first-order valence-electron chi connectivity index (χ1n) is 6.67. The van der Waals surface area contributed by atoms with Crippen LogP contribution < -0.4 is 0 Å². The Balaban J connectivity index is 1.91. The molecule has 112 valence electrons. The van der Waals surface area contributed by atoms with Gasteiger partial charge < -0.3 is 0 Å². The van der Waals surface area contributed by atoms with E-state index in [4.69, 9.17) is 0 Å². The Labute approximate surface area is 151 Å². The van der Waals surface area contributed by atoms with E-state index in [0.717, 1.165) is 23.0 Å². The van der Waals surface area contributed by atoms with Crippen LogP contribution in [0, 0.1) is 0 Å². The molecule has 0 heterocycles. The van der Waals surface area contributed by atoms with Gasteiger partial charge in [0.05, 0.1) is 0 Å². The lowest BCUT2D eigenvalue weighted by atomic mass is 10.4. The molecule has 0 saturated heterocycles. The number of thiol groups is 2. The summed E-state index contributed by atoms with van der Waals surface area (Å²) in [6.45, 7) is 0. The quantitative estimate of drug-likeness (QED) is 0.440. The van der Waals surface area contributed by atoms with E-state index in [9.17, 15) is 0 Å². The van der Waals surface area contributed by atoms with Gasteiger partial charge in [-0.3, -0.25) is 0 Å². The molecule has 0 bridgehead atoms. The molecule has 2 rings (SSSR count). The van der Waals surface area contributed by atoms with Crippen LogP contribution in [-0.4, -0.2) is 23.0 Å². The van der Waals surface area contributed by atoms with Crippen LogP contribution in [0.4, 0.5) is 0 Å². The van der Waals surface area contributed by atoms with E-state index in [2.05, 4.69) is 73.8 Å². The van der Waals surface area contributed by atoms with Crippen molar-refractivity contribution in [3.8, 4) is 0 Å². The van der Waals surface area contributed by atoms with Gasteiger partial charge in [0.2, 0.25) is 0 Å². The minimum Gasteiger partial charge on any atom is -0.178 e. The number of hydrogen-bond donors (Lipinski definition) is 2. The van der Waals surface area contributed by atoms with Gasteiger partial charge in [0.1, 0.15) is 0 Å². The molecule has 5 heteroatoms. The minimum absolute atomic E-state index is 0.915. The average Bonchev–Trinajstić information content (AvgIpc) is 2.53. The van der Waals surface area contributed by atoms with Crippen molar-refractivity contribution in [2.24, 2.45) is 0 Å². The van der Waals surface area contributed by atoms with Crippen LogP contribution in [0.2, 0.25) is 0 Å². The molecular weight excluding hydrogens is 353 g/mol. The van der Waals surface area contributed by atoms with Crippen LogP contribution in [0.25, 0.3) is 0 Å².